The van der Waals surface area contributed by atoms with Gasteiger partial charge in [0.25, 0.3) is 6.47 Å². The third kappa shape index (κ3) is 14.2. The normalized spacial score (nSPS) is 8.06. The number of carbonyl (C=O) groups is 4. The summed E-state index contributed by atoms with van der Waals surface area (Å²) in [5.41, 5.74) is 5.80. The summed E-state index contributed by atoms with van der Waals surface area (Å²) >= 11 is 0. The summed E-state index contributed by atoms with van der Waals surface area (Å²) in [5.74, 6) is -2.26. The van der Waals surface area contributed by atoms with Crippen molar-refractivity contribution in [1.29, 1.82) is 0 Å². The minimum absolute atomic E-state index is 0.0763. The van der Waals surface area contributed by atoms with E-state index in [4.69, 9.17) is 28.8 Å². The second-order valence-corrected chi connectivity index (χ2v) is 5.05. The maximum atomic E-state index is 12.9. The number of halogens is 2. The first-order valence-electron chi connectivity index (χ1n) is 8.12. The zero-order valence-corrected chi connectivity index (χ0v) is 16.8. The molecule has 0 bridgehead atoms. The molecule has 0 aliphatic carbocycles. The fourth-order valence-corrected chi connectivity index (χ4v) is 1.54. The highest BCUT2D eigenvalue weighted by Gasteiger charge is 2.01. The summed E-state index contributed by atoms with van der Waals surface area (Å²) in [7, 11) is 0. The smallest absolute Gasteiger partial charge is 0.310 e. The van der Waals surface area contributed by atoms with Crippen LogP contribution in [0.5, 0.6) is 0 Å². The number of hydrogen-bond acceptors (Lipinski definition) is 6. The Morgan fingerprint density at radius 3 is 1.75 bits per heavy atom. The molecule has 0 radical (unpaired) electrons. The number of ether oxygens (including phenoxy) is 1. The standard InChI is InChI=1S/C8H5FN2O.C7H5FN2.C4H6O3.CH2O2/c1-10-6-2-3-8(11-5-12)7(9)4-6;1-10-5-2-3-7(9)6(8)4-5;1-3(5)7-4(2)6;2-1-3/h2-5H,(H,11,12);2-4H,9H2;1-2H3;1H,(H,2,3). The molecule has 4 N–H and O–H groups in total. The van der Waals surface area contributed by atoms with Crippen molar-refractivity contribution in [3.63, 3.8) is 0 Å². The Morgan fingerprint density at radius 1 is 1.00 bits per heavy atom. The molecule has 0 aliphatic rings. The molecule has 0 spiro atoms. The second kappa shape index (κ2) is 17.1. The molecule has 0 unspecified atom stereocenters. The van der Waals surface area contributed by atoms with Gasteiger partial charge in [-0.2, -0.15) is 0 Å². The Morgan fingerprint density at radius 2 is 1.44 bits per heavy atom. The van der Waals surface area contributed by atoms with E-state index in [0.29, 0.717) is 6.41 Å². The predicted molar refractivity (Wildman–Crippen MR) is 111 cm³/mol. The maximum absolute atomic E-state index is 12.9. The summed E-state index contributed by atoms with van der Waals surface area (Å²) in [6.45, 7) is 15.2. The van der Waals surface area contributed by atoms with Crippen molar-refractivity contribution in [2.45, 2.75) is 13.8 Å². The van der Waals surface area contributed by atoms with Crippen LogP contribution < -0.4 is 11.1 Å². The van der Waals surface area contributed by atoms with Gasteiger partial charge in [0.1, 0.15) is 11.6 Å². The van der Waals surface area contributed by atoms with Crippen molar-refractivity contribution in [1.82, 2.24) is 0 Å². The van der Waals surface area contributed by atoms with Crippen LogP contribution in [0.3, 0.4) is 0 Å². The first-order valence-corrected chi connectivity index (χ1v) is 8.12. The average Bonchev–Trinajstić information content (AvgIpc) is 2.72. The minimum Gasteiger partial charge on any atom is -0.483 e. The molecule has 0 saturated carbocycles. The van der Waals surface area contributed by atoms with Crippen LogP contribution >= 0.6 is 0 Å². The number of benzene rings is 2. The topological polar surface area (TPSA) is 145 Å². The molecule has 168 valence electrons. The maximum Gasteiger partial charge on any atom is 0.310 e. The molecule has 0 aliphatic heterocycles. The quantitative estimate of drug-likeness (QED) is 0.209. The lowest BCUT2D eigenvalue weighted by Gasteiger charge is -1.99. The fourth-order valence-electron chi connectivity index (χ4n) is 1.54. The first kappa shape index (κ1) is 29.4. The number of nitrogen functional groups attached to an aromatic ring is 1. The van der Waals surface area contributed by atoms with Crippen LogP contribution in [0.25, 0.3) is 9.69 Å². The molecule has 0 atom stereocenters. The third-order valence-electron chi connectivity index (χ3n) is 2.70. The molecule has 0 heterocycles. The number of nitrogens with zero attached hydrogens (tertiary/aromatic N) is 2. The number of hydrogen-bond donors (Lipinski definition) is 3. The molecule has 32 heavy (non-hydrogen) atoms. The van der Waals surface area contributed by atoms with Crippen molar-refractivity contribution in [2.75, 3.05) is 11.1 Å². The Hall–Kier alpha value is -4.84. The lowest BCUT2D eigenvalue weighted by atomic mass is 10.3. The first-order chi connectivity index (χ1) is 15.1. The highest BCUT2D eigenvalue weighted by atomic mass is 19.1. The highest BCUT2D eigenvalue weighted by Crippen LogP contribution is 2.20. The van der Waals surface area contributed by atoms with Crippen LogP contribution in [-0.2, 0) is 23.9 Å². The van der Waals surface area contributed by atoms with Gasteiger partial charge in [-0.05, 0) is 24.3 Å². The molecule has 12 heteroatoms. The van der Waals surface area contributed by atoms with Crippen molar-refractivity contribution in [3.8, 4) is 0 Å². The van der Waals surface area contributed by atoms with Gasteiger partial charge >= 0.3 is 11.9 Å². The third-order valence-corrected chi connectivity index (χ3v) is 2.70. The van der Waals surface area contributed by atoms with Gasteiger partial charge in [0.2, 0.25) is 6.41 Å². The SMILES string of the molecule is CC(=O)OC(C)=O.O=CO.[C-]#[N+]c1ccc(N)c(F)c1.[C-]#[N+]c1ccc(NC=O)c(F)c1. The van der Waals surface area contributed by atoms with E-state index in [0.717, 1.165) is 12.1 Å². The number of amides is 1. The van der Waals surface area contributed by atoms with Crippen LogP contribution in [0.2, 0.25) is 0 Å². The minimum atomic E-state index is -0.601. The van der Waals surface area contributed by atoms with E-state index >= 15 is 0 Å². The van der Waals surface area contributed by atoms with E-state index in [-0.39, 0.29) is 29.2 Å². The van der Waals surface area contributed by atoms with E-state index in [2.05, 4.69) is 19.7 Å². The highest BCUT2D eigenvalue weighted by molar-refractivity contribution is 5.82. The van der Waals surface area contributed by atoms with Gasteiger partial charge in [-0.1, -0.05) is 12.1 Å². The zero-order valence-electron chi connectivity index (χ0n) is 16.8. The summed E-state index contributed by atoms with van der Waals surface area (Å²) in [6, 6.07) is 7.81. The van der Waals surface area contributed by atoms with Gasteiger partial charge in [0.05, 0.1) is 24.5 Å². The molecule has 0 saturated heterocycles. The van der Waals surface area contributed by atoms with Crippen molar-refractivity contribution >= 4 is 47.6 Å². The van der Waals surface area contributed by atoms with Crippen LogP contribution in [0.4, 0.5) is 31.5 Å². The van der Waals surface area contributed by atoms with E-state index in [9.17, 15) is 23.2 Å². The Bertz CT molecular complexity index is 1000. The number of carboxylic acid groups (broad SMARTS) is 1. The molecule has 10 nitrogen and oxygen atoms in total. The second-order valence-electron chi connectivity index (χ2n) is 5.05. The number of nitrogens with one attached hydrogen (secondary N) is 1. The van der Waals surface area contributed by atoms with Crippen molar-refractivity contribution in [3.05, 3.63) is 70.9 Å². The van der Waals surface area contributed by atoms with Crippen LogP contribution in [0, 0.1) is 24.8 Å². The van der Waals surface area contributed by atoms with Crippen LogP contribution in [0.1, 0.15) is 13.8 Å². The summed E-state index contributed by atoms with van der Waals surface area (Å²) < 4.78 is 29.3. The van der Waals surface area contributed by atoms with Crippen molar-refractivity contribution < 1.29 is 37.8 Å². The molecular weight excluding hydrogens is 430 g/mol. The summed E-state index contributed by atoms with van der Waals surface area (Å²) in [6.07, 6.45) is 0.385. The zero-order chi connectivity index (χ0) is 25.1. The summed E-state index contributed by atoms with van der Waals surface area (Å²) in [4.78, 5) is 44.0. The largest absolute Gasteiger partial charge is 0.483 e. The molecule has 1 amide bonds. The molecule has 2 aromatic carbocycles. The lowest BCUT2D eigenvalue weighted by Crippen LogP contribution is -2.03. The molecule has 0 fully saturated rings. The molecule has 0 aromatic heterocycles. The summed E-state index contributed by atoms with van der Waals surface area (Å²) in [5, 5.41) is 9.06. The monoisotopic (exact) mass is 448 g/mol. The van der Waals surface area contributed by atoms with Gasteiger partial charge in [0, 0.05) is 13.8 Å². The van der Waals surface area contributed by atoms with E-state index < -0.39 is 23.6 Å². The average molecular weight is 448 g/mol. The number of carbonyl (C=O) groups excluding carboxylic acids is 3. The lowest BCUT2D eigenvalue weighted by molar-refractivity contribution is -0.156. The number of anilines is 2. The van der Waals surface area contributed by atoms with Crippen LogP contribution in [0.15, 0.2) is 36.4 Å². The van der Waals surface area contributed by atoms with Gasteiger partial charge in [-0.25, -0.2) is 18.5 Å². The van der Waals surface area contributed by atoms with Gasteiger partial charge in [0.15, 0.2) is 11.4 Å². The fraction of sp³-hybridized carbons (Fsp3) is 0.100. The Balaban J connectivity index is 0. The van der Waals surface area contributed by atoms with Gasteiger partial charge in [-0.3, -0.25) is 19.2 Å². The molecule has 2 aromatic rings. The van der Waals surface area contributed by atoms with E-state index in [1.165, 1.54) is 38.1 Å². The predicted octanol–water partition coefficient (Wildman–Crippen LogP) is 3.70. The van der Waals surface area contributed by atoms with Crippen LogP contribution in [-0.4, -0.2) is 29.9 Å². The van der Waals surface area contributed by atoms with Crippen molar-refractivity contribution in [2.24, 2.45) is 0 Å². The van der Waals surface area contributed by atoms with E-state index in [1.54, 1.807) is 0 Å². The number of esters is 2. The number of rotatable bonds is 2. The Labute approximate surface area is 181 Å². The number of nitrogens with two attached hydrogens (primary N) is 1. The van der Waals surface area contributed by atoms with Gasteiger partial charge < -0.3 is 20.9 Å². The Kier molecular flexibility index (Phi) is 15.6. The van der Waals surface area contributed by atoms with Gasteiger partial charge in [-0.15, -0.1) is 0 Å². The van der Waals surface area contributed by atoms with E-state index in [1.807, 2.05) is 0 Å². The molecular formula is C20H18F2N4O6. The molecule has 2 rings (SSSR count).